The molecule has 0 spiro atoms. The molecule has 0 saturated heterocycles. The van der Waals surface area contributed by atoms with Gasteiger partial charge in [0.15, 0.2) is 0 Å². The molecule has 3 aromatic rings. The Bertz CT molecular complexity index is 785. The number of aryl methyl sites for hydroxylation is 2. The maximum absolute atomic E-state index is 6.09. The highest BCUT2D eigenvalue weighted by Crippen LogP contribution is 2.27. The number of rotatable bonds is 9. The molecule has 0 fully saturated rings. The summed E-state index contributed by atoms with van der Waals surface area (Å²) in [6.07, 6.45) is 1.06. The first-order chi connectivity index (χ1) is 13.6. The predicted molar refractivity (Wildman–Crippen MR) is 118 cm³/mol. The molecular weight excluding hydrogens is 342 g/mol. The molecule has 0 heterocycles. The third kappa shape index (κ3) is 5.46. The molecule has 0 bridgehead atoms. The first kappa shape index (κ1) is 20.2. The first-order valence-electron chi connectivity index (χ1n) is 10.2. The van der Waals surface area contributed by atoms with Crippen LogP contribution in [0.5, 0.6) is 5.75 Å². The van der Waals surface area contributed by atoms with E-state index in [2.05, 4.69) is 105 Å². The fourth-order valence-corrected chi connectivity index (χ4v) is 3.66. The summed E-state index contributed by atoms with van der Waals surface area (Å²) in [6.45, 7) is 8.02. The van der Waals surface area contributed by atoms with Gasteiger partial charge in [-0.25, -0.2) is 0 Å². The maximum atomic E-state index is 6.09. The Morgan fingerprint density at radius 2 is 1.29 bits per heavy atom. The zero-order valence-corrected chi connectivity index (χ0v) is 17.2. The molecule has 3 aromatic carbocycles. The lowest BCUT2D eigenvalue weighted by atomic mass is 9.88. The normalized spacial score (nSPS) is 12.1. The molecule has 2 nitrogen and oxygen atoms in total. The van der Waals surface area contributed by atoms with Crippen LogP contribution in [0.3, 0.4) is 0 Å². The highest BCUT2D eigenvalue weighted by molar-refractivity contribution is 5.39. The second-order valence-electron chi connectivity index (χ2n) is 7.55. The monoisotopic (exact) mass is 373 g/mol. The number of ether oxygens (including phenoxy) is 1. The van der Waals surface area contributed by atoms with Crippen LogP contribution in [0.15, 0.2) is 78.9 Å². The number of hydrogen-bond donors (Lipinski definition) is 1. The molecule has 0 unspecified atom stereocenters. The van der Waals surface area contributed by atoms with Crippen LogP contribution in [-0.4, -0.2) is 19.2 Å². The lowest BCUT2D eigenvalue weighted by Gasteiger charge is -2.21. The maximum Gasteiger partial charge on any atom is 0.125 e. The van der Waals surface area contributed by atoms with Crippen molar-refractivity contribution in [2.24, 2.45) is 0 Å². The van der Waals surface area contributed by atoms with Crippen molar-refractivity contribution in [2.45, 2.75) is 39.2 Å². The van der Waals surface area contributed by atoms with Gasteiger partial charge in [-0.3, -0.25) is 0 Å². The van der Waals surface area contributed by atoms with Crippen LogP contribution in [0.1, 0.15) is 41.5 Å². The Morgan fingerprint density at radius 3 is 1.82 bits per heavy atom. The van der Waals surface area contributed by atoms with Gasteiger partial charge in [0.05, 0.1) is 0 Å². The van der Waals surface area contributed by atoms with E-state index in [4.69, 9.17) is 4.74 Å². The summed E-state index contributed by atoms with van der Waals surface area (Å²) in [6, 6.07) is 28.1. The minimum atomic E-state index is 0.297. The summed E-state index contributed by atoms with van der Waals surface area (Å²) in [5.74, 6) is 1.42. The summed E-state index contributed by atoms with van der Waals surface area (Å²) in [4.78, 5) is 0. The molecule has 1 N–H and O–H groups in total. The van der Waals surface area contributed by atoms with Crippen LogP contribution >= 0.6 is 0 Å². The molecular formula is C26H31NO. The van der Waals surface area contributed by atoms with Crippen LogP contribution in [0.2, 0.25) is 0 Å². The average Bonchev–Trinajstić information content (AvgIpc) is 2.72. The van der Waals surface area contributed by atoms with E-state index >= 15 is 0 Å². The van der Waals surface area contributed by atoms with Crippen molar-refractivity contribution >= 4 is 0 Å². The van der Waals surface area contributed by atoms with E-state index in [0.29, 0.717) is 18.6 Å². The van der Waals surface area contributed by atoms with Gasteiger partial charge in [-0.1, -0.05) is 78.9 Å². The van der Waals surface area contributed by atoms with E-state index in [1.807, 2.05) is 0 Å². The van der Waals surface area contributed by atoms with Crippen LogP contribution in [0.25, 0.3) is 0 Å². The topological polar surface area (TPSA) is 21.3 Å². The minimum Gasteiger partial charge on any atom is -0.491 e. The van der Waals surface area contributed by atoms with Gasteiger partial charge in [-0.05, 0) is 56.0 Å². The van der Waals surface area contributed by atoms with E-state index in [1.165, 1.54) is 22.3 Å². The van der Waals surface area contributed by atoms with E-state index in [1.54, 1.807) is 0 Å². The quantitative estimate of drug-likeness (QED) is 0.505. The number of para-hydroxylation sites is 1. The first-order valence-corrected chi connectivity index (χ1v) is 10.2. The van der Waals surface area contributed by atoms with Gasteiger partial charge in [0.2, 0.25) is 0 Å². The van der Waals surface area contributed by atoms with Crippen LogP contribution < -0.4 is 10.1 Å². The number of benzene rings is 3. The summed E-state index contributed by atoms with van der Waals surface area (Å²) < 4.78 is 6.09. The summed E-state index contributed by atoms with van der Waals surface area (Å²) >= 11 is 0. The lowest BCUT2D eigenvalue weighted by molar-refractivity contribution is 0.269. The average molecular weight is 374 g/mol. The smallest absolute Gasteiger partial charge is 0.125 e. The summed E-state index contributed by atoms with van der Waals surface area (Å²) in [5, 5.41) is 3.64. The standard InChI is InChI=1S/C26H31NO/c1-20-11-10-12-21(2)26(20)28-19-22(3)27-18-17-25(23-13-6-4-7-14-23)24-15-8-5-9-16-24/h4-16,22,25,27H,17-19H2,1-3H3/t22-/m0/s1. The largest absolute Gasteiger partial charge is 0.491 e. The van der Waals surface area contributed by atoms with E-state index < -0.39 is 0 Å². The van der Waals surface area contributed by atoms with Crippen molar-refractivity contribution in [3.8, 4) is 5.75 Å². The fraction of sp³-hybridized carbons (Fsp3) is 0.308. The van der Waals surface area contributed by atoms with Crippen molar-refractivity contribution in [1.29, 1.82) is 0 Å². The zero-order chi connectivity index (χ0) is 19.8. The van der Waals surface area contributed by atoms with Gasteiger partial charge in [0.25, 0.3) is 0 Å². The van der Waals surface area contributed by atoms with Crippen molar-refractivity contribution in [3.05, 3.63) is 101 Å². The van der Waals surface area contributed by atoms with Gasteiger partial charge in [0, 0.05) is 12.0 Å². The molecule has 0 saturated carbocycles. The van der Waals surface area contributed by atoms with Gasteiger partial charge in [-0.15, -0.1) is 0 Å². The van der Waals surface area contributed by atoms with E-state index in [0.717, 1.165) is 18.7 Å². The minimum absolute atomic E-state index is 0.297. The highest BCUT2D eigenvalue weighted by Gasteiger charge is 2.14. The molecule has 0 aliphatic heterocycles. The molecule has 0 aliphatic carbocycles. The second kappa shape index (κ2) is 10.1. The van der Waals surface area contributed by atoms with Crippen LogP contribution in [0.4, 0.5) is 0 Å². The molecule has 3 rings (SSSR count). The third-order valence-electron chi connectivity index (χ3n) is 5.22. The molecule has 146 valence electrons. The van der Waals surface area contributed by atoms with Crippen LogP contribution in [0, 0.1) is 13.8 Å². The van der Waals surface area contributed by atoms with Crippen molar-refractivity contribution in [3.63, 3.8) is 0 Å². The number of nitrogens with one attached hydrogen (secondary N) is 1. The van der Waals surface area contributed by atoms with Crippen LogP contribution in [-0.2, 0) is 0 Å². The SMILES string of the molecule is Cc1cccc(C)c1OC[C@H](C)NCCC(c1ccccc1)c1ccccc1. The fourth-order valence-electron chi connectivity index (χ4n) is 3.66. The molecule has 0 aromatic heterocycles. The highest BCUT2D eigenvalue weighted by atomic mass is 16.5. The van der Waals surface area contributed by atoms with Crippen molar-refractivity contribution < 1.29 is 4.74 Å². The Kier molecular flexibility index (Phi) is 7.27. The molecule has 28 heavy (non-hydrogen) atoms. The van der Waals surface area contributed by atoms with E-state index in [9.17, 15) is 0 Å². The van der Waals surface area contributed by atoms with Gasteiger partial charge >= 0.3 is 0 Å². The Hall–Kier alpha value is -2.58. The van der Waals surface area contributed by atoms with Gasteiger partial charge in [0.1, 0.15) is 12.4 Å². The van der Waals surface area contributed by atoms with Gasteiger partial charge < -0.3 is 10.1 Å². The van der Waals surface area contributed by atoms with E-state index in [-0.39, 0.29) is 0 Å². The number of hydrogen-bond acceptors (Lipinski definition) is 2. The van der Waals surface area contributed by atoms with Crippen molar-refractivity contribution in [1.82, 2.24) is 5.32 Å². The molecule has 0 amide bonds. The summed E-state index contributed by atoms with van der Waals surface area (Å²) in [5.41, 5.74) is 5.13. The van der Waals surface area contributed by atoms with Gasteiger partial charge in [-0.2, -0.15) is 0 Å². The third-order valence-corrected chi connectivity index (χ3v) is 5.22. The second-order valence-corrected chi connectivity index (χ2v) is 7.55. The zero-order valence-electron chi connectivity index (χ0n) is 17.2. The Labute approximate surface area is 169 Å². The molecule has 0 aliphatic rings. The molecule has 2 heteroatoms. The molecule has 0 radical (unpaired) electrons. The Morgan fingerprint density at radius 1 is 0.750 bits per heavy atom. The Balaban J connectivity index is 1.55. The predicted octanol–water partition coefficient (Wildman–Crippen LogP) is 5.88. The summed E-state index contributed by atoms with van der Waals surface area (Å²) in [7, 11) is 0. The lowest BCUT2D eigenvalue weighted by Crippen LogP contribution is -2.33. The molecule has 1 atom stereocenters. The van der Waals surface area contributed by atoms with Crippen molar-refractivity contribution in [2.75, 3.05) is 13.2 Å².